The van der Waals surface area contributed by atoms with Gasteiger partial charge in [-0.25, -0.2) is 9.37 Å². The van der Waals surface area contributed by atoms with Gasteiger partial charge in [0.2, 0.25) is 17.8 Å². The molecule has 0 atom stereocenters. The monoisotopic (exact) mass is 513 g/mol. The molecule has 38 heavy (non-hydrogen) atoms. The van der Waals surface area contributed by atoms with Crippen molar-refractivity contribution in [3.63, 3.8) is 0 Å². The van der Waals surface area contributed by atoms with Gasteiger partial charge in [0.25, 0.3) is 5.91 Å². The zero-order chi connectivity index (χ0) is 26.8. The zero-order valence-electron chi connectivity index (χ0n) is 21.4. The van der Waals surface area contributed by atoms with Gasteiger partial charge in [0, 0.05) is 33.9 Å². The van der Waals surface area contributed by atoms with E-state index in [1.54, 1.807) is 18.2 Å². The van der Waals surface area contributed by atoms with Crippen LogP contribution in [-0.2, 0) is 0 Å². The topological polar surface area (TPSA) is 133 Å². The largest absolute Gasteiger partial charge is 0.353 e. The van der Waals surface area contributed by atoms with Crippen molar-refractivity contribution in [2.24, 2.45) is 0 Å². The van der Waals surface area contributed by atoms with Crippen molar-refractivity contribution in [3.8, 4) is 11.3 Å². The predicted molar refractivity (Wildman–Crippen MR) is 147 cm³/mol. The van der Waals surface area contributed by atoms with Crippen LogP contribution < -0.4 is 21.5 Å². The first-order valence-electron chi connectivity index (χ1n) is 12.3. The lowest BCUT2D eigenvalue weighted by molar-refractivity contribution is 0.0957. The van der Waals surface area contributed by atoms with E-state index in [1.165, 1.54) is 12.1 Å². The van der Waals surface area contributed by atoms with Crippen LogP contribution in [0.4, 0.5) is 22.2 Å². The Bertz CT molecular complexity index is 1580. The lowest BCUT2D eigenvalue weighted by atomic mass is 10.1. The van der Waals surface area contributed by atoms with Crippen LogP contribution in [0.3, 0.4) is 0 Å². The highest BCUT2D eigenvalue weighted by molar-refractivity contribution is 6.13. The van der Waals surface area contributed by atoms with Crippen LogP contribution in [0, 0.1) is 5.82 Å². The fraction of sp³-hybridized carbons (Fsp3) is 0.222. The van der Waals surface area contributed by atoms with Crippen LogP contribution in [0.5, 0.6) is 0 Å². The SMILES string of the molecule is CC(C)Nc1nc(NNC(=O)c2cc3c([nH]c4ccccc43)c(-c3ccc(F)cc3)n2)nc(NC(C)C)n1. The number of carbonyl (C=O) groups is 1. The minimum Gasteiger partial charge on any atom is -0.353 e. The Kier molecular flexibility index (Phi) is 6.73. The molecule has 3 aromatic heterocycles. The molecule has 0 aliphatic heterocycles. The number of aromatic amines is 1. The Morgan fingerprint density at radius 2 is 1.45 bits per heavy atom. The molecule has 2 aromatic carbocycles. The number of halogens is 1. The number of H-pyrrole nitrogens is 1. The lowest BCUT2D eigenvalue weighted by Crippen LogP contribution is -2.31. The number of rotatable bonds is 8. The van der Waals surface area contributed by atoms with E-state index in [4.69, 9.17) is 0 Å². The fourth-order valence-corrected chi connectivity index (χ4v) is 4.03. The second kappa shape index (κ2) is 10.3. The first kappa shape index (κ1) is 24.9. The number of nitrogens with one attached hydrogen (secondary N) is 5. The van der Waals surface area contributed by atoms with Crippen LogP contribution >= 0.6 is 0 Å². The zero-order valence-corrected chi connectivity index (χ0v) is 21.4. The average Bonchev–Trinajstić information content (AvgIpc) is 3.25. The van der Waals surface area contributed by atoms with Gasteiger partial charge >= 0.3 is 0 Å². The Balaban J connectivity index is 1.49. The van der Waals surface area contributed by atoms with E-state index >= 15 is 0 Å². The van der Waals surface area contributed by atoms with Crippen molar-refractivity contribution < 1.29 is 9.18 Å². The second-order valence-electron chi connectivity index (χ2n) is 9.44. The van der Waals surface area contributed by atoms with E-state index in [9.17, 15) is 9.18 Å². The Hall–Kier alpha value is -4.80. The summed E-state index contributed by atoms with van der Waals surface area (Å²) >= 11 is 0. The van der Waals surface area contributed by atoms with Crippen molar-refractivity contribution in [2.75, 3.05) is 16.1 Å². The molecule has 194 valence electrons. The molecular weight excluding hydrogens is 485 g/mol. The number of benzene rings is 2. The first-order valence-corrected chi connectivity index (χ1v) is 12.3. The van der Waals surface area contributed by atoms with E-state index in [1.807, 2.05) is 52.0 Å². The number of hydrogen-bond acceptors (Lipinski definition) is 8. The maximum atomic E-state index is 13.6. The molecule has 5 rings (SSSR count). The van der Waals surface area contributed by atoms with Gasteiger partial charge in [-0.05, 0) is 64.1 Å². The summed E-state index contributed by atoms with van der Waals surface area (Å²) in [5, 5.41) is 8.06. The van der Waals surface area contributed by atoms with Crippen molar-refractivity contribution in [1.82, 2.24) is 30.3 Å². The van der Waals surface area contributed by atoms with E-state index in [2.05, 4.69) is 46.4 Å². The standard InChI is InChI=1S/C27H28FN9O/c1-14(2)29-25-33-26(30-15(3)4)35-27(34-25)37-36-24(38)21-13-19-18-7-5-6-8-20(18)31-23(19)22(32-21)16-9-11-17(28)12-10-16/h5-15,31H,1-4H3,(H,36,38)(H3,29,30,33,34,35,37). The summed E-state index contributed by atoms with van der Waals surface area (Å²) in [6, 6.07) is 15.7. The molecule has 0 saturated carbocycles. The van der Waals surface area contributed by atoms with Crippen LogP contribution in [0.2, 0.25) is 0 Å². The smallest absolute Gasteiger partial charge is 0.288 e. The molecule has 0 fully saturated rings. The van der Waals surface area contributed by atoms with Gasteiger partial charge in [-0.15, -0.1) is 0 Å². The normalized spacial score (nSPS) is 11.3. The molecule has 0 unspecified atom stereocenters. The number of fused-ring (bicyclic) bond motifs is 3. The maximum Gasteiger partial charge on any atom is 0.288 e. The minimum atomic E-state index is -0.488. The molecule has 10 nitrogen and oxygen atoms in total. The predicted octanol–water partition coefficient (Wildman–Crippen LogP) is 5.10. The summed E-state index contributed by atoms with van der Waals surface area (Å²) in [5.41, 5.74) is 8.47. The highest BCUT2D eigenvalue weighted by Crippen LogP contribution is 2.32. The van der Waals surface area contributed by atoms with E-state index < -0.39 is 5.91 Å². The van der Waals surface area contributed by atoms with Crippen molar-refractivity contribution in [1.29, 1.82) is 0 Å². The van der Waals surface area contributed by atoms with Crippen LogP contribution in [0.25, 0.3) is 33.1 Å². The van der Waals surface area contributed by atoms with Crippen LogP contribution in [-0.4, -0.2) is 42.9 Å². The van der Waals surface area contributed by atoms with Gasteiger partial charge < -0.3 is 15.6 Å². The van der Waals surface area contributed by atoms with Gasteiger partial charge in [0.15, 0.2) is 0 Å². The lowest BCUT2D eigenvalue weighted by Gasteiger charge is -2.14. The summed E-state index contributed by atoms with van der Waals surface area (Å²) < 4.78 is 13.6. The molecule has 11 heteroatoms. The number of amides is 1. The molecule has 5 N–H and O–H groups in total. The third-order valence-electron chi connectivity index (χ3n) is 5.61. The number of pyridine rings is 1. The fourth-order valence-electron chi connectivity index (χ4n) is 4.03. The number of nitrogens with zero attached hydrogens (tertiary/aromatic N) is 4. The Morgan fingerprint density at radius 1 is 0.816 bits per heavy atom. The molecular formula is C27H28FN9O. The van der Waals surface area contributed by atoms with Gasteiger partial charge in [0.1, 0.15) is 11.5 Å². The van der Waals surface area contributed by atoms with Gasteiger partial charge in [0.05, 0.1) is 11.2 Å². The number of anilines is 3. The molecule has 0 saturated heterocycles. The summed E-state index contributed by atoms with van der Waals surface area (Å²) in [4.78, 5) is 34.3. The Morgan fingerprint density at radius 3 is 2.11 bits per heavy atom. The molecule has 0 spiro atoms. The number of hydrogen-bond donors (Lipinski definition) is 5. The van der Waals surface area contributed by atoms with Gasteiger partial charge in [-0.2, -0.15) is 15.0 Å². The number of carbonyl (C=O) groups excluding carboxylic acids is 1. The first-order chi connectivity index (χ1) is 18.3. The minimum absolute atomic E-state index is 0.101. The average molecular weight is 514 g/mol. The number of aromatic nitrogens is 5. The van der Waals surface area contributed by atoms with Crippen molar-refractivity contribution in [3.05, 3.63) is 66.1 Å². The summed E-state index contributed by atoms with van der Waals surface area (Å²) in [7, 11) is 0. The van der Waals surface area contributed by atoms with Crippen molar-refractivity contribution in [2.45, 2.75) is 39.8 Å². The quantitative estimate of drug-likeness (QED) is 0.181. The molecule has 3 heterocycles. The third-order valence-corrected chi connectivity index (χ3v) is 5.61. The molecule has 0 aliphatic carbocycles. The highest BCUT2D eigenvalue weighted by Gasteiger charge is 2.18. The van der Waals surface area contributed by atoms with E-state index in [-0.39, 0.29) is 29.5 Å². The summed E-state index contributed by atoms with van der Waals surface area (Å²) in [6.45, 7) is 7.89. The molecule has 0 bridgehead atoms. The highest BCUT2D eigenvalue weighted by atomic mass is 19.1. The number of para-hydroxylation sites is 1. The van der Waals surface area contributed by atoms with Crippen LogP contribution in [0.15, 0.2) is 54.6 Å². The molecule has 5 aromatic rings. The molecule has 1 amide bonds. The third kappa shape index (κ3) is 5.31. The maximum absolute atomic E-state index is 13.6. The van der Waals surface area contributed by atoms with E-state index in [0.717, 1.165) is 21.8 Å². The number of hydrazine groups is 1. The molecule has 0 aliphatic rings. The Labute approximate surface area is 218 Å². The van der Waals surface area contributed by atoms with Crippen molar-refractivity contribution >= 4 is 45.6 Å². The van der Waals surface area contributed by atoms with Gasteiger partial charge in [-0.3, -0.25) is 15.6 Å². The van der Waals surface area contributed by atoms with Crippen LogP contribution in [0.1, 0.15) is 38.2 Å². The summed E-state index contributed by atoms with van der Waals surface area (Å²) in [6.07, 6.45) is 0. The van der Waals surface area contributed by atoms with Gasteiger partial charge in [-0.1, -0.05) is 18.2 Å². The second-order valence-corrected chi connectivity index (χ2v) is 9.44. The summed E-state index contributed by atoms with van der Waals surface area (Å²) in [5.74, 6) is 0.0534. The molecule has 0 radical (unpaired) electrons. The van der Waals surface area contributed by atoms with E-state index in [0.29, 0.717) is 23.2 Å².